The van der Waals surface area contributed by atoms with Crippen molar-refractivity contribution < 1.29 is 0 Å². The molecule has 2 heterocycles. The van der Waals surface area contributed by atoms with Crippen LogP contribution in [0.2, 0.25) is 0 Å². The van der Waals surface area contributed by atoms with Crippen LogP contribution < -0.4 is 0 Å². The van der Waals surface area contributed by atoms with Crippen molar-refractivity contribution in [3.05, 3.63) is 41.7 Å². The van der Waals surface area contributed by atoms with E-state index in [9.17, 15) is 0 Å². The molecule has 0 spiro atoms. The Morgan fingerprint density at radius 2 is 1.86 bits per heavy atom. The van der Waals surface area contributed by atoms with Crippen molar-refractivity contribution in [3.63, 3.8) is 0 Å². The monoisotopic (exact) mass is 187 g/mol. The SMILES string of the molecule is Cc1cc2ccccn2c1C(C)(C)C. The number of nitrogens with zero attached hydrogens (tertiary/aromatic N) is 1. The lowest BCUT2D eigenvalue weighted by molar-refractivity contribution is 0.560. The van der Waals surface area contributed by atoms with Gasteiger partial charge in [0.05, 0.1) is 0 Å². The van der Waals surface area contributed by atoms with E-state index in [1.807, 2.05) is 0 Å². The molecule has 0 bridgehead atoms. The number of fused-ring (bicyclic) bond motifs is 1. The molecule has 0 radical (unpaired) electrons. The standard InChI is InChI=1S/C13H17N/c1-10-9-11-7-5-6-8-14(11)12(10)13(2,3)4/h5-9H,1-4H3. The van der Waals surface area contributed by atoms with Gasteiger partial charge in [0.15, 0.2) is 0 Å². The first-order valence-electron chi connectivity index (χ1n) is 5.07. The van der Waals surface area contributed by atoms with Gasteiger partial charge in [-0.1, -0.05) is 26.8 Å². The fraction of sp³-hybridized carbons (Fsp3) is 0.385. The lowest BCUT2D eigenvalue weighted by Crippen LogP contribution is -2.15. The van der Waals surface area contributed by atoms with Crippen LogP contribution in [0.5, 0.6) is 0 Å². The van der Waals surface area contributed by atoms with Crippen LogP contribution in [0.1, 0.15) is 32.0 Å². The van der Waals surface area contributed by atoms with E-state index in [4.69, 9.17) is 0 Å². The summed E-state index contributed by atoms with van der Waals surface area (Å²) in [5, 5.41) is 0. The maximum atomic E-state index is 2.29. The fourth-order valence-electron chi connectivity index (χ4n) is 2.21. The van der Waals surface area contributed by atoms with Crippen LogP contribution in [0.3, 0.4) is 0 Å². The second kappa shape index (κ2) is 2.88. The minimum absolute atomic E-state index is 0.206. The summed E-state index contributed by atoms with van der Waals surface area (Å²) >= 11 is 0. The Hall–Kier alpha value is -1.24. The van der Waals surface area contributed by atoms with Crippen molar-refractivity contribution in [2.45, 2.75) is 33.1 Å². The van der Waals surface area contributed by atoms with E-state index in [1.165, 1.54) is 16.8 Å². The summed E-state index contributed by atoms with van der Waals surface area (Å²) in [4.78, 5) is 0. The highest BCUT2D eigenvalue weighted by atomic mass is 14.9. The van der Waals surface area contributed by atoms with Gasteiger partial charge in [-0.25, -0.2) is 0 Å². The van der Waals surface area contributed by atoms with Crippen molar-refractivity contribution in [3.8, 4) is 0 Å². The average Bonchev–Trinajstić information content (AvgIpc) is 2.38. The third-order valence-electron chi connectivity index (χ3n) is 2.58. The first-order valence-corrected chi connectivity index (χ1v) is 5.07. The Kier molecular flexibility index (Phi) is 1.91. The van der Waals surface area contributed by atoms with E-state index in [1.54, 1.807) is 0 Å². The maximum Gasteiger partial charge on any atom is 0.0455 e. The highest BCUT2D eigenvalue weighted by molar-refractivity contribution is 5.54. The summed E-state index contributed by atoms with van der Waals surface area (Å²) in [5.74, 6) is 0. The van der Waals surface area contributed by atoms with Gasteiger partial charge >= 0.3 is 0 Å². The smallest absolute Gasteiger partial charge is 0.0455 e. The molecular weight excluding hydrogens is 170 g/mol. The number of aryl methyl sites for hydroxylation is 1. The summed E-state index contributed by atoms with van der Waals surface area (Å²) in [5.41, 5.74) is 4.28. The lowest BCUT2D eigenvalue weighted by Gasteiger charge is -2.20. The van der Waals surface area contributed by atoms with Gasteiger partial charge in [0, 0.05) is 22.8 Å². The van der Waals surface area contributed by atoms with Gasteiger partial charge in [-0.2, -0.15) is 0 Å². The molecule has 0 fully saturated rings. The molecule has 0 saturated carbocycles. The van der Waals surface area contributed by atoms with Crippen molar-refractivity contribution in [2.24, 2.45) is 0 Å². The van der Waals surface area contributed by atoms with Crippen LogP contribution in [-0.2, 0) is 5.41 Å². The summed E-state index contributed by atoms with van der Waals surface area (Å²) in [6, 6.07) is 8.58. The zero-order chi connectivity index (χ0) is 10.3. The molecule has 1 heteroatoms. The van der Waals surface area contributed by atoms with Crippen LogP contribution in [0.4, 0.5) is 0 Å². The normalized spacial score (nSPS) is 12.3. The summed E-state index contributed by atoms with van der Waals surface area (Å²) in [7, 11) is 0. The van der Waals surface area contributed by atoms with E-state index in [0.29, 0.717) is 0 Å². The molecule has 0 aliphatic rings. The fourth-order valence-corrected chi connectivity index (χ4v) is 2.21. The minimum atomic E-state index is 0.206. The lowest BCUT2D eigenvalue weighted by atomic mass is 9.90. The number of rotatable bonds is 0. The molecular formula is C13H17N. The van der Waals surface area contributed by atoms with Gasteiger partial charge in [-0.05, 0) is 30.7 Å². The summed E-state index contributed by atoms with van der Waals surface area (Å²) in [6.45, 7) is 8.96. The molecule has 1 nitrogen and oxygen atoms in total. The van der Waals surface area contributed by atoms with Gasteiger partial charge in [-0.15, -0.1) is 0 Å². The predicted molar refractivity (Wildman–Crippen MR) is 60.8 cm³/mol. The zero-order valence-corrected chi connectivity index (χ0v) is 9.33. The third-order valence-corrected chi connectivity index (χ3v) is 2.58. The molecule has 0 N–H and O–H groups in total. The van der Waals surface area contributed by atoms with Crippen LogP contribution in [-0.4, -0.2) is 4.40 Å². The molecule has 0 amide bonds. The van der Waals surface area contributed by atoms with E-state index >= 15 is 0 Å². The van der Waals surface area contributed by atoms with Crippen LogP contribution in [0.15, 0.2) is 30.5 Å². The van der Waals surface area contributed by atoms with Gasteiger partial charge in [0.25, 0.3) is 0 Å². The first kappa shape index (κ1) is 9.32. The third kappa shape index (κ3) is 1.33. The summed E-state index contributed by atoms with van der Waals surface area (Å²) < 4.78 is 2.29. The van der Waals surface area contributed by atoms with Gasteiger partial charge in [0.2, 0.25) is 0 Å². The minimum Gasteiger partial charge on any atom is -0.320 e. The molecule has 0 aromatic carbocycles. The van der Waals surface area contributed by atoms with Crippen LogP contribution in [0.25, 0.3) is 5.52 Å². The molecule has 2 aromatic rings. The average molecular weight is 187 g/mol. The number of pyridine rings is 1. The Morgan fingerprint density at radius 1 is 1.14 bits per heavy atom. The molecule has 2 aromatic heterocycles. The molecule has 0 atom stereocenters. The Balaban J connectivity index is 2.81. The van der Waals surface area contributed by atoms with Gasteiger partial charge < -0.3 is 4.40 Å². The van der Waals surface area contributed by atoms with Crippen molar-refractivity contribution in [2.75, 3.05) is 0 Å². The summed E-state index contributed by atoms with van der Waals surface area (Å²) in [6.07, 6.45) is 2.14. The largest absolute Gasteiger partial charge is 0.320 e. The molecule has 14 heavy (non-hydrogen) atoms. The quantitative estimate of drug-likeness (QED) is 0.594. The Morgan fingerprint density at radius 3 is 2.50 bits per heavy atom. The molecule has 2 rings (SSSR count). The van der Waals surface area contributed by atoms with Crippen molar-refractivity contribution in [1.82, 2.24) is 4.40 Å². The highest BCUT2D eigenvalue weighted by Crippen LogP contribution is 2.28. The van der Waals surface area contributed by atoms with E-state index in [-0.39, 0.29) is 5.41 Å². The van der Waals surface area contributed by atoms with Crippen molar-refractivity contribution >= 4 is 5.52 Å². The van der Waals surface area contributed by atoms with E-state index in [2.05, 4.69) is 62.6 Å². The van der Waals surface area contributed by atoms with Gasteiger partial charge in [-0.3, -0.25) is 0 Å². The van der Waals surface area contributed by atoms with Crippen LogP contribution in [0, 0.1) is 6.92 Å². The zero-order valence-electron chi connectivity index (χ0n) is 9.33. The van der Waals surface area contributed by atoms with E-state index in [0.717, 1.165) is 0 Å². The molecule has 74 valence electrons. The van der Waals surface area contributed by atoms with Gasteiger partial charge in [0.1, 0.15) is 0 Å². The Labute approximate surface area is 85.4 Å². The second-order valence-corrected chi connectivity index (χ2v) is 4.92. The first-order chi connectivity index (χ1) is 6.50. The molecule has 0 saturated heterocycles. The predicted octanol–water partition coefficient (Wildman–Crippen LogP) is 3.55. The van der Waals surface area contributed by atoms with E-state index < -0.39 is 0 Å². The number of hydrogen-bond donors (Lipinski definition) is 0. The number of aromatic nitrogens is 1. The maximum absolute atomic E-state index is 2.29. The number of hydrogen-bond acceptors (Lipinski definition) is 0. The second-order valence-electron chi connectivity index (χ2n) is 4.92. The topological polar surface area (TPSA) is 4.41 Å². The van der Waals surface area contributed by atoms with Crippen LogP contribution >= 0.6 is 0 Å². The van der Waals surface area contributed by atoms with Crippen molar-refractivity contribution in [1.29, 1.82) is 0 Å². The molecule has 0 unspecified atom stereocenters. The molecule has 0 aliphatic heterocycles. The Bertz CT molecular complexity index is 458. The highest BCUT2D eigenvalue weighted by Gasteiger charge is 2.20. The molecule has 0 aliphatic carbocycles.